The number of hydrogen-bond acceptors (Lipinski definition) is 4. The Morgan fingerprint density at radius 1 is 1.50 bits per heavy atom. The van der Waals surface area contributed by atoms with Crippen molar-refractivity contribution >= 4 is 20.9 Å². The standard InChI is InChI=1S/C3H8O4S2.Na/c1-9(6,7)3-2-8(4)5;/h2-3H2,1H3,(H,4,5);/q;+1/p-1. The van der Waals surface area contributed by atoms with E-state index >= 15 is 0 Å². The largest absolute Gasteiger partial charge is 1.00 e. The van der Waals surface area contributed by atoms with Crippen molar-refractivity contribution in [1.82, 2.24) is 0 Å². The summed E-state index contributed by atoms with van der Waals surface area (Å²) in [4.78, 5) is 0. The molecule has 0 bridgehead atoms. The molecule has 0 rings (SSSR count). The summed E-state index contributed by atoms with van der Waals surface area (Å²) >= 11 is -2.24. The Balaban J connectivity index is 0. The monoisotopic (exact) mass is 194 g/mol. The maximum atomic E-state index is 10.3. The van der Waals surface area contributed by atoms with Gasteiger partial charge in [0.2, 0.25) is 0 Å². The summed E-state index contributed by atoms with van der Waals surface area (Å²) in [6, 6.07) is 0. The molecule has 0 aliphatic rings. The minimum atomic E-state index is -3.11. The second kappa shape index (κ2) is 5.68. The third kappa shape index (κ3) is 11.8. The SMILES string of the molecule is CS(=O)(=O)CCS(=O)[O-].[Na+]. The molecular formula is C3H7NaO4S2. The molecule has 4 nitrogen and oxygen atoms in total. The van der Waals surface area contributed by atoms with Crippen molar-refractivity contribution in [1.29, 1.82) is 0 Å². The molecule has 0 spiro atoms. The van der Waals surface area contributed by atoms with Crippen LogP contribution in [0.1, 0.15) is 0 Å². The minimum absolute atomic E-state index is 0. The summed E-state index contributed by atoms with van der Waals surface area (Å²) in [7, 11) is -3.11. The van der Waals surface area contributed by atoms with Gasteiger partial charge in [-0.1, -0.05) is 11.1 Å². The van der Waals surface area contributed by atoms with Gasteiger partial charge >= 0.3 is 29.6 Å². The third-order valence-corrected chi connectivity index (χ3v) is 2.36. The number of sulfone groups is 1. The van der Waals surface area contributed by atoms with Crippen LogP contribution in [0.3, 0.4) is 0 Å². The van der Waals surface area contributed by atoms with E-state index in [4.69, 9.17) is 0 Å². The van der Waals surface area contributed by atoms with Crippen molar-refractivity contribution in [2.24, 2.45) is 0 Å². The minimum Gasteiger partial charge on any atom is -0.772 e. The van der Waals surface area contributed by atoms with E-state index in [1.54, 1.807) is 0 Å². The first-order chi connectivity index (χ1) is 3.92. The zero-order valence-corrected chi connectivity index (χ0v) is 9.50. The van der Waals surface area contributed by atoms with Gasteiger partial charge in [0.25, 0.3) is 0 Å². The van der Waals surface area contributed by atoms with Gasteiger partial charge < -0.3 is 4.55 Å². The van der Waals surface area contributed by atoms with E-state index in [-0.39, 0.29) is 41.1 Å². The molecule has 56 valence electrons. The van der Waals surface area contributed by atoms with E-state index < -0.39 is 20.9 Å². The van der Waals surface area contributed by atoms with Crippen LogP contribution in [-0.4, -0.2) is 34.9 Å². The average molecular weight is 194 g/mol. The van der Waals surface area contributed by atoms with Gasteiger partial charge in [0.1, 0.15) is 9.84 Å². The van der Waals surface area contributed by atoms with Gasteiger partial charge in [-0.3, -0.25) is 4.21 Å². The van der Waals surface area contributed by atoms with Crippen LogP contribution in [0.2, 0.25) is 0 Å². The van der Waals surface area contributed by atoms with Gasteiger partial charge in [0.15, 0.2) is 0 Å². The second-order valence-corrected chi connectivity index (χ2v) is 4.91. The summed E-state index contributed by atoms with van der Waals surface area (Å²) in [5.74, 6) is -0.595. The van der Waals surface area contributed by atoms with Gasteiger partial charge in [0.05, 0.1) is 5.75 Å². The average Bonchev–Trinajstić information content (AvgIpc) is 1.59. The molecule has 0 aromatic carbocycles. The van der Waals surface area contributed by atoms with E-state index in [0.29, 0.717) is 0 Å². The Bertz CT molecular complexity index is 197. The Morgan fingerprint density at radius 2 is 1.90 bits per heavy atom. The molecule has 0 N–H and O–H groups in total. The van der Waals surface area contributed by atoms with Crippen LogP contribution in [0.25, 0.3) is 0 Å². The Hall–Kier alpha value is 1.06. The van der Waals surface area contributed by atoms with Crippen LogP contribution in [0.4, 0.5) is 0 Å². The fourth-order valence-electron chi connectivity index (χ4n) is 0.219. The predicted octanol–water partition coefficient (Wildman–Crippen LogP) is -4.09. The second-order valence-electron chi connectivity index (χ2n) is 1.64. The van der Waals surface area contributed by atoms with Crippen molar-refractivity contribution in [3.8, 4) is 0 Å². The first-order valence-corrected chi connectivity index (χ1v) is 5.46. The zero-order chi connectivity index (χ0) is 7.49. The van der Waals surface area contributed by atoms with Crippen LogP contribution in [0.15, 0.2) is 0 Å². The molecule has 1 unspecified atom stereocenters. The summed E-state index contributed by atoms with van der Waals surface area (Å²) in [6.45, 7) is 0. The summed E-state index contributed by atoms with van der Waals surface area (Å²) in [5, 5.41) is 0. The smallest absolute Gasteiger partial charge is 0.772 e. The van der Waals surface area contributed by atoms with Crippen molar-refractivity contribution in [2.75, 3.05) is 17.8 Å². The maximum absolute atomic E-state index is 10.3. The number of rotatable bonds is 3. The van der Waals surface area contributed by atoms with Crippen LogP contribution in [0, 0.1) is 0 Å². The van der Waals surface area contributed by atoms with Gasteiger partial charge in [-0.15, -0.1) is 0 Å². The van der Waals surface area contributed by atoms with Crippen molar-refractivity contribution in [2.45, 2.75) is 0 Å². The first-order valence-electron chi connectivity index (χ1n) is 2.15. The first kappa shape index (κ1) is 13.6. The van der Waals surface area contributed by atoms with E-state index in [1.807, 2.05) is 0 Å². The van der Waals surface area contributed by atoms with Crippen molar-refractivity contribution in [3.05, 3.63) is 0 Å². The Kier molecular flexibility index (Phi) is 7.74. The zero-order valence-electron chi connectivity index (χ0n) is 5.86. The molecule has 0 aliphatic heterocycles. The van der Waals surface area contributed by atoms with E-state index in [0.717, 1.165) is 6.26 Å². The van der Waals surface area contributed by atoms with Gasteiger partial charge in [-0.05, 0) is 0 Å². The molecule has 0 aromatic rings. The topological polar surface area (TPSA) is 74.3 Å². The fourth-order valence-corrected chi connectivity index (χ4v) is 1.97. The van der Waals surface area contributed by atoms with Gasteiger partial charge in [-0.2, -0.15) is 0 Å². The molecule has 0 saturated heterocycles. The Morgan fingerprint density at radius 3 is 2.00 bits per heavy atom. The van der Waals surface area contributed by atoms with Crippen LogP contribution in [-0.2, 0) is 20.9 Å². The van der Waals surface area contributed by atoms with Gasteiger partial charge in [0, 0.05) is 12.0 Å². The summed E-state index contributed by atoms with van der Waals surface area (Å²) in [5.41, 5.74) is 0. The van der Waals surface area contributed by atoms with E-state index in [2.05, 4.69) is 0 Å². The summed E-state index contributed by atoms with van der Waals surface area (Å²) < 4.78 is 40.1. The molecule has 0 heterocycles. The maximum Gasteiger partial charge on any atom is 1.00 e. The van der Waals surface area contributed by atoms with Crippen LogP contribution < -0.4 is 29.6 Å². The molecular weight excluding hydrogens is 187 g/mol. The quantitative estimate of drug-likeness (QED) is 0.338. The number of hydrogen-bond donors (Lipinski definition) is 0. The molecule has 0 aromatic heterocycles. The van der Waals surface area contributed by atoms with Crippen LogP contribution >= 0.6 is 0 Å². The summed E-state index contributed by atoms with van der Waals surface area (Å²) in [6.07, 6.45) is 1.000. The molecule has 0 saturated carbocycles. The molecule has 1 atom stereocenters. The molecule has 7 heteroatoms. The normalized spacial score (nSPS) is 13.8. The predicted molar refractivity (Wildman–Crippen MR) is 33.5 cm³/mol. The molecule has 0 aliphatic carbocycles. The van der Waals surface area contributed by atoms with Crippen molar-refractivity contribution in [3.63, 3.8) is 0 Å². The van der Waals surface area contributed by atoms with Crippen LogP contribution in [0.5, 0.6) is 0 Å². The fraction of sp³-hybridized carbons (Fsp3) is 1.00. The molecule has 10 heavy (non-hydrogen) atoms. The molecule has 0 amide bonds. The van der Waals surface area contributed by atoms with E-state index in [9.17, 15) is 17.2 Å². The van der Waals surface area contributed by atoms with E-state index in [1.165, 1.54) is 0 Å². The Labute approximate surface area is 84.9 Å². The molecule has 0 radical (unpaired) electrons. The van der Waals surface area contributed by atoms with Gasteiger partial charge in [-0.25, -0.2) is 8.42 Å². The molecule has 0 fully saturated rings. The third-order valence-electron chi connectivity index (χ3n) is 0.621. The van der Waals surface area contributed by atoms with Crippen molar-refractivity contribution < 1.29 is 46.7 Å².